The van der Waals surface area contributed by atoms with Gasteiger partial charge < -0.3 is 15.2 Å². The molecule has 8 heteroatoms. The maximum absolute atomic E-state index is 12.9. The van der Waals surface area contributed by atoms with Crippen molar-refractivity contribution in [2.24, 2.45) is 5.92 Å². The first-order chi connectivity index (χ1) is 16.2. The molecule has 0 bridgehead atoms. The monoisotopic (exact) mass is 469 g/mol. The molecule has 0 aromatic heterocycles. The van der Waals surface area contributed by atoms with Gasteiger partial charge in [0.1, 0.15) is 6.61 Å². The van der Waals surface area contributed by atoms with Gasteiger partial charge in [0.2, 0.25) is 0 Å². The fraction of sp³-hybridized carbons (Fsp3) is 0.231. The van der Waals surface area contributed by atoms with Gasteiger partial charge in [-0.3, -0.25) is 4.79 Å². The van der Waals surface area contributed by atoms with E-state index in [4.69, 9.17) is 4.74 Å². The molecule has 1 atom stereocenters. The predicted molar refractivity (Wildman–Crippen MR) is 119 cm³/mol. The Kier molecular flexibility index (Phi) is 6.58. The number of benzene rings is 3. The number of carbonyl (C=O) groups is 2. The molecule has 0 saturated carbocycles. The number of hydrogen-bond acceptors (Lipinski definition) is 3. The summed E-state index contributed by atoms with van der Waals surface area (Å²) in [6, 6.07) is 20.2. The summed E-state index contributed by atoms with van der Waals surface area (Å²) in [5, 5.41) is 11.9. The molecule has 4 rings (SSSR count). The summed E-state index contributed by atoms with van der Waals surface area (Å²) in [6.45, 7) is -0.201. The SMILES string of the molecule is O=C(NC[C@@H](Cc1cccc(C(F)(F)F)c1)C(=O)O)OCC1c2ccccc2-c2ccccc21. The van der Waals surface area contributed by atoms with Crippen LogP contribution in [0.2, 0.25) is 0 Å². The zero-order chi connectivity index (χ0) is 24.3. The van der Waals surface area contributed by atoms with Crippen LogP contribution in [0.5, 0.6) is 0 Å². The van der Waals surface area contributed by atoms with E-state index in [1.165, 1.54) is 12.1 Å². The minimum absolute atomic E-state index is 0.0746. The average Bonchev–Trinajstić information content (AvgIpc) is 3.13. The third-order valence-electron chi connectivity index (χ3n) is 5.92. The van der Waals surface area contributed by atoms with E-state index in [-0.39, 0.29) is 31.1 Å². The Morgan fingerprint density at radius 3 is 2.15 bits per heavy atom. The second-order valence-electron chi connectivity index (χ2n) is 8.14. The Labute approximate surface area is 194 Å². The van der Waals surface area contributed by atoms with Gasteiger partial charge in [-0.1, -0.05) is 66.7 Å². The largest absolute Gasteiger partial charge is 0.481 e. The molecule has 1 aliphatic carbocycles. The quantitative estimate of drug-likeness (QED) is 0.480. The van der Waals surface area contributed by atoms with E-state index in [1.54, 1.807) is 0 Å². The molecular formula is C26H22F3NO4. The van der Waals surface area contributed by atoms with Crippen molar-refractivity contribution in [3.8, 4) is 11.1 Å². The third-order valence-corrected chi connectivity index (χ3v) is 5.92. The molecule has 3 aromatic rings. The summed E-state index contributed by atoms with van der Waals surface area (Å²) in [5.41, 5.74) is 3.63. The van der Waals surface area contributed by atoms with Crippen molar-refractivity contribution in [3.63, 3.8) is 0 Å². The van der Waals surface area contributed by atoms with E-state index in [0.29, 0.717) is 0 Å². The molecule has 0 unspecified atom stereocenters. The number of amides is 1. The molecule has 0 spiro atoms. The Morgan fingerprint density at radius 1 is 0.941 bits per heavy atom. The van der Waals surface area contributed by atoms with Gasteiger partial charge in [-0.2, -0.15) is 13.2 Å². The van der Waals surface area contributed by atoms with Gasteiger partial charge in [-0.05, 0) is 40.3 Å². The molecule has 34 heavy (non-hydrogen) atoms. The first-order valence-corrected chi connectivity index (χ1v) is 10.7. The zero-order valence-electron chi connectivity index (χ0n) is 18.0. The number of aliphatic carboxylic acids is 1. The van der Waals surface area contributed by atoms with Gasteiger partial charge >= 0.3 is 18.2 Å². The maximum Gasteiger partial charge on any atom is 0.416 e. The second kappa shape index (κ2) is 9.59. The molecule has 1 amide bonds. The number of carbonyl (C=O) groups excluding carboxylic acids is 1. The van der Waals surface area contributed by atoms with Crippen LogP contribution in [0.15, 0.2) is 72.8 Å². The highest BCUT2D eigenvalue weighted by Crippen LogP contribution is 2.44. The molecule has 5 nitrogen and oxygen atoms in total. The summed E-state index contributed by atoms with van der Waals surface area (Å²) in [6.07, 6.45) is -5.46. The van der Waals surface area contributed by atoms with Gasteiger partial charge in [0.25, 0.3) is 0 Å². The van der Waals surface area contributed by atoms with Crippen molar-refractivity contribution in [1.29, 1.82) is 0 Å². The smallest absolute Gasteiger partial charge is 0.416 e. The highest BCUT2D eigenvalue weighted by atomic mass is 19.4. The molecular weight excluding hydrogens is 447 g/mol. The fourth-order valence-electron chi connectivity index (χ4n) is 4.26. The zero-order valence-corrected chi connectivity index (χ0v) is 18.0. The van der Waals surface area contributed by atoms with Crippen LogP contribution in [-0.2, 0) is 22.1 Å². The number of alkyl halides is 3. The van der Waals surface area contributed by atoms with Crippen LogP contribution < -0.4 is 5.32 Å². The highest BCUT2D eigenvalue weighted by Gasteiger charge is 2.31. The fourth-order valence-corrected chi connectivity index (χ4v) is 4.26. The minimum Gasteiger partial charge on any atom is -0.481 e. The number of carboxylic acid groups (broad SMARTS) is 1. The first-order valence-electron chi connectivity index (χ1n) is 10.7. The van der Waals surface area contributed by atoms with Crippen LogP contribution >= 0.6 is 0 Å². The summed E-state index contributed by atoms with van der Waals surface area (Å²) in [5.74, 6) is -2.47. The second-order valence-corrected chi connectivity index (χ2v) is 8.14. The van der Waals surface area contributed by atoms with E-state index < -0.39 is 29.7 Å². The van der Waals surface area contributed by atoms with Gasteiger partial charge in [-0.25, -0.2) is 4.79 Å². The maximum atomic E-state index is 12.9. The van der Waals surface area contributed by atoms with Gasteiger partial charge in [0.05, 0.1) is 11.5 Å². The molecule has 0 aliphatic heterocycles. The first kappa shape index (κ1) is 23.4. The van der Waals surface area contributed by atoms with Crippen LogP contribution in [0, 0.1) is 5.92 Å². The normalized spacial score (nSPS) is 13.6. The molecule has 0 saturated heterocycles. The van der Waals surface area contributed by atoms with Crippen LogP contribution in [0.3, 0.4) is 0 Å². The van der Waals surface area contributed by atoms with Crippen molar-refractivity contribution in [1.82, 2.24) is 5.32 Å². The minimum atomic E-state index is -4.52. The summed E-state index contributed by atoms with van der Waals surface area (Å²) in [7, 11) is 0. The average molecular weight is 469 g/mol. The Balaban J connectivity index is 1.36. The molecule has 0 radical (unpaired) electrons. The lowest BCUT2D eigenvalue weighted by atomic mass is 9.98. The molecule has 176 valence electrons. The summed E-state index contributed by atoms with van der Waals surface area (Å²) >= 11 is 0. The number of fused-ring (bicyclic) bond motifs is 3. The van der Waals surface area contributed by atoms with E-state index in [2.05, 4.69) is 5.32 Å². The summed E-state index contributed by atoms with van der Waals surface area (Å²) < 4.78 is 44.2. The number of alkyl carbamates (subject to hydrolysis) is 1. The number of hydrogen-bond donors (Lipinski definition) is 2. The van der Waals surface area contributed by atoms with Crippen molar-refractivity contribution < 1.29 is 32.6 Å². The van der Waals surface area contributed by atoms with E-state index in [0.717, 1.165) is 34.4 Å². The van der Waals surface area contributed by atoms with Crippen LogP contribution in [0.4, 0.5) is 18.0 Å². The summed E-state index contributed by atoms with van der Waals surface area (Å²) in [4.78, 5) is 23.9. The molecule has 2 N–H and O–H groups in total. The standard InChI is InChI=1S/C26H22F3NO4/c27-26(28,29)18-7-5-6-16(13-18)12-17(24(31)32)14-30-25(33)34-15-23-21-10-3-1-8-19(21)20-9-2-4-11-22(20)23/h1-11,13,17,23H,12,14-15H2,(H,30,33)(H,31,32)/t17-/m1/s1. The van der Waals surface area contributed by atoms with Gasteiger partial charge in [-0.15, -0.1) is 0 Å². The lowest BCUT2D eigenvalue weighted by molar-refractivity contribution is -0.141. The number of halogens is 3. The van der Waals surface area contributed by atoms with E-state index >= 15 is 0 Å². The van der Waals surface area contributed by atoms with Crippen LogP contribution in [-0.4, -0.2) is 30.3 Å². The number of rotatable bonds is 7. The molecule has 0 fully saturated rings. The van der Waals surface area contributed by atoms with Crippen molar-refractivity contribution in [2.75, 3.05) is 13.2 Å². The van der Waals surface area contributed by atoms with Crippen molar-refractivity contribution in [2.45, 2.75) is 18.5 Å². The Morgan fingerprint density at radius 2 is 1.56 bits per heavy atom. The number of nitrogens with one attached hydrogen (secondary N) is 1. The molecule has 1 aliphatic rings. The molecule has 0 heterocycles. The lowest BCUT2D eigenvalue weighted by Crippen LogP contribution is -2.35. The lowest BCUT2D eigenvalue weighted by Gasteiger charge is -2.17. The van der Waals surface area contributed by atoms with Crippen molar-refractivity contribution >= 4 is 12.1 Å². The topological polar surface area (TPSA) is 75.6 Å². The Bertz CT molecular complexity index is 1160. The van der Waals surface area contributed by atoms with Gasteiger partial charge in [0.15, 0.2) is 0 Å². The number of carboxylic acids is 1. The van der Waals surface area contributed by atoms with E-state index in [1.807, 2.05) is 48.5 Å². The van der Waals surface area contributed by atoms with Crippen molar-refractivity contribution in [3.05, 3.63) is 95.1 Å². The predicted octanol–water partition coefficient (Wildman–Crippen LogP) is 5.49. The number of ether oxygens (including phenoxy) is 1. The van der Waals surface area contributed by atoms with E-state index in [9.17, 15) is 27.9 Å². The van der Waals surface area contributed by atoms with Gasteiger partial charge in [0, 0.05) is 12.5 Å². The molecule has 3 aromatic carbocycles. The van der Waals surface area contributed by atoms with Crippen LogP contribution in [0.25, 0.3) is 11.1 Å². The Hall–Kier alpha value is -3.81. The third kappa shape index (κ3) is 5.06. The van der Waals surface area contributed by atoms with Crippen LogP contribution in [0.1, 0.15) is 28.2 Å². The highest BCUT2D eigenvalue weighted by molar-refractivity contribution is 5.79.